The number of sulfonamides is 1. The Morgan fingerprint density at radius 1 is 0.977 bits per heavy atom. The van der Waals surface area contributed by atoms with Crippen LogP contribution < -0.4 is 15.0 Å². The van der Waals surface area contributed by atoms with E-state index in [1.165, 1.54) is 22.8 Å². The van der Waals surface area contributed by atoms with Crippen molar-refractivity contribution in [2.24, 2.45) is 12.5 Å². The molecule has 2 aromatic heterocycles. The van der Waals surface area contributed by atoms with E-state index in [0.717, 1.165) is 16.7 Å². The minimum atomic E-state index is -4.19. The maximum absolute atomic E-state index is 14.2. The molecule has 1 N–H and O–H groups in total. The molecule has 1 aliphatic rings. The number of nitrogens with one attached hydrogen (secondary N) is 1. The number of aromatic nitrogens is 3. The van der Waals surface area contributed by atoms with Gasteiger partial charge in [-0.3, -0.25) is 9.59 Å². The monoisotopic (exact) mass is 615 g/mol. The highest BCUT2D eigenvalue weighted by molar-refractivity contribution is 7.92. The molecule has 230 valence electrons. The number of carbonyl (C=O) groups excluding carboxylic acids is 1. The summed E-state index contributed by atoms with van der Waals surface area (Å²) >= 11 is 0. The normalized spacial score (nSPS) is 16.6. The maximum atomic E-state index is 14.2. The number of fused-ring (bicyclic) bond motifs is 4. The van der Waals surface area contributed by atoms with Crippen molar-refractivity contribution in [2.75, 3.05) is 11.3 Å². The van der Waals surface area contributed by atoms with Crippen LogP contribution in [0.25, 0.3) is 11.3 Å². The molecule has 1 amide bonds. The molecule has 0 unspecified atom stereocenters. The van der Waals surface area contributed by atoms with E-state index in [-0.39, 0.29) is 46.4 Å². The first-order valence-corrected chi connectivity index (χ1v) is 15.9. The Balaban J connectivity index is 1.70. The number of benzene rings is 2. The third kappa shape index (κ3) is 6.67. The number of aryl methyl sites for hydroxylation is 3. The van der Waals surface area contributed by atoms with Gasteiger partial charge in [-0.05, 0) is 61.1 Å². The SMILES string of the molecule is Cc1cccc(C)c1-c1cc2nc(n1)NS(=O)(=O)c1cccc(c1)C(=O)N(Cc1cccn(C)c1=O)[C@H](CC(C)(C)C)CO2. The van der Waals surface area contributed by atoms with E-state index in [4.69, 9.17) is 4.74 Å². The van der Waals surface area contributed by atoms with E-state index in [9.17, 15) is 18.0 Å². The molecule has 0 spiro atoms. The third-order valence-electron chi connectivity index (χ3n) is 7.57. The molecule has 4 bridgehead atoms. The predicted molar refractivity (Wildman–Crippen MR) is 169 cm³/mol. The fourth-order valence-corrected chi connectivity index (χ4v) is 6.49. The van der Waals surface area contributed by atoms with Crippen molar-refractivity contribution in [1.29, 1.82) is 0 Å². The molecule has 1 aliphatic heterocycles. The molecule has 0 saturated carbocycles. The lowest BCUT2D eigenvalue weighted by atomic mass is 9.87. The van der Waals surface area contributed by atoms with Crippen molar-refractivity contribution in [3.05, 3.63) is 99.5 Å². The van der Waals surface area contributed by atoms with Crippen LogP contribution in [-0.2, 0) is 23.6 Å². The first kappa shape index (κ1) is 30.9. The molecule has 4 aromatic rings. The first-order chi connectivity index (χ1) is 20.7. The lowest BCUT2D eigenvalue weighted by molar-refractivity contribution is 0.0511. The molecule has 0 fully saturated rings. The fraction of sp³-hybridized carbons (Fsp3) is 0.333. The van der Waals surface area contributed by atoms with Crippen LogP contribution in [0.4, 0.5) is 5.95 Å². The van der Waals surface area contributed by atoms with Gasteiger partial charge >= 0.3 is 0 Å². The van der Waals surface area contributed by atoms with Gasteiger partial charge in [-0.2, -0.15) is 4.98 Å². The van der Waals surface area contributed by atoms with E-state index in [1.807, 2.05) is 32.0 Å². The highest BCUT2D eigenvalue weighted by Crippen LogP contribution is 2.31. The van der Waals surface area contributed by atoms with Crippen LogP contribution in [-0.4, -0.2) is 46.4 Å². The van der Waals surface area contributed by atoms with E-state index >= 15 is 0 Å². The van der Waals surface area contributed by atoms with Crippen LogP contribution in [0, 0.1) is 19.3 Å². The molecule has 0 radical (unpaired) electrons. The predicted octanol–water partition coefficient (Wildman–Crippen LogP) is 5.10. The summed E-state index contributed by atoms with van der Waals surface area (Å²) in [7, 11) is -2.53. The zero-order chi connectivity index (χ0) is 31.8. The average molecular weight is 616 g/mol. The molecule has 44 heavy (non-hydrogen) atoms. The van der Waals surface area contributed by atoms with Crippen LogP contribution in [0.15, 0.2) is 76.6 Å². The van der Waals surface area contributed by atoms with Crippen LogP contribution in [0.5, 0.6) is 5.88 Å². The van der Waals surface area contributed by atoms with Crippen molar-refractivity contribution in [1.82, 2.24) is 19.4 Å². The van der Waals surface area contributed by atoms with Crippen molar-refractivity contribution in [3.63, 3.8) is 0 Å². The number of rotatable bonds is 4. The fourth-order valence-electron chi connectivity index (χ4n) is 5.50. The van der Waals surface area contributed by atoms with E-state index in [2.05, 4.69) is 35.5 Å². The van der Waals surface area contributed by atoms with E-state index in [0.29, 0.717) is 17.7 Å². The average Bonchev–Trinajstić information content (AvgIpc) is 2.95. The van der Waals surface area contributed by atoms with Crippen LogP contribution in [0.1, 0.15) is 54.2 Å². The summed E-state index contributed by atoms with van der Waals surface area (Å²) in [4.78, 5) is 37.8. The Morgan fingerprint density at radius 2 is 1.68 bits per heavy atom. The van der Waals surface area contributed by atoms with Crippen molar-refractivity contribution in [2.45, 2.75) is 58.5 Å². The van der Waals surface area contributed by atoms with Gasteiger partial charge in [-0.15, -0.1) is 0 Å². The minimum Gasteiger partial charge on any atom is -0.475 e. The van der Waals surface area contributed by atoms with Crippen molar-refractivity contribution >= 4 is 21.9 Å². The van der Waals surface area contributed by atoms with Crippen molar-refractivity contribution in [3.8, 4) is 17.1 Å². The molecule has 11 heteroatoms. The highest BCUT2D eigenvalue weighted by atomic mass is 32.2. The second-order valence-electron chi connectivity index (χ2n) is 12.4. The summed E-state index contributed by atoms with van der Waals surface area (Å²) in [5.74, 6) is -0.407. The molecule has 1 atom stereocenters. The summed E-state index contributed by atoms with van der Waals surface area (Å²) in [6.07, 6.45) is 2.19. The summed E-state index contributed by atoms with van der Waals surface area (Å²) in [6, 6.07) is 16.3. The number of carbonyl (C=O) groups is 1. The Kier molecular flexibility index (Phi) is 8.35. The number of ether oxygens (including phenoxy) is 1. The van der Waals surface area contributed by atoms with Gasteiger partial charge in [0.15, 0.2) is 0 Å². The summed E-state index contributed by atoms with van der Waals surface area (Å²) in [6.45, 7) is 10.2. The van der Waals surface area contributed by atoms with Gasteiger partial charge < -0.3 is 14.2 Å². The quantitative estimate of drug-likeness (QED) is 0.339. The lowest BCUT2D eigenvalue weighted by Crippen LogP contribution is -2.46. The number of pyridine rings is 1. The standard InChI is InChI=1S/C33H37N5O5S/c1-21-10-7-11-22(2)29(21)27-17-28-35-32(34-27)36-44(41,42)26-14-8-12-23(16-26)31(40)38(25(20-43-28)18-33(3,4)5)19-24-13-9-15-37(6)30(24)39/h7-17,25H,18-20H2,1-6H3,(H,34,35,36)/t25-/m1/s1. The largest absolute Gasteiger partial charge is 0.475 e. The number of amides is 1. The van der Waals surface area contributed by atoms with Gasteiger partial charge in [0, 0.05) is 36.0 Å². The second kappa shape index (κ2) is 11.9. The topological polar surface area (TPSA) is 123 Å². The molecule has 3 heterocycles. The number of hydrogen-bond acceptors (Lipinski definition) is 7. The Morgan fingerprint density at radius 3 is 2.39 bits per heavy atom. The van der Waals surface area contributed by atoms with Crippen LogP contribution >= 0.6 is 0 Å². The molecule has 5 rings (SSSR count). The van der Waals surface area contributed by atoms with Gasteiger partial charge in [0.1, 0.15) is 6.61 Å². The van der Waals surface area contributed by atoms with Crippen LogP contribution in [0.3, 0.4) is 0 Å². The molecule has 10 nitrogen and oxygen atoms in total. The Hall–Kier alpha value is -4.51. The maximum Gasteiger partial charge on any atom is 0.264 e. The number of anilines is 1. The van der Waals surface area contributed by atoms with Gasteiger partial charge in [-0.25, -0.2) is 18.1 Å². The number of hydrogen-bond donors (Lipinski definition) is 1. The molecule has 0 aliphatic carbocycles. The van der Waals surface area contributed by atoms with Gasteiger partial charge in [-0.1, -0.05) is 51.1 Å². The van der Waals surface area contributed by atoms with Crippen LogP contribution in [0.2, 0.25) is 0 Å². The van der Waals surface area contributed by atoms with Gasteiger partial charge in [0.2, 0.25) is 11.8 Å². The summed E-state index contributed by atoms with van der Waals surface area (Å²) in [5.41, 5.74) is 3.41. The zero-order valence-corrected chi connectivity index (χ0v) is 26.6. The molecule has 0 saturated heterocycles. The Bertz CT molecular complexity index is 1880. The van der Waals surface area contributed by atoms with E-state index < -0.39 is 22.0 Å². The number of nitrogens with zero attached hydrogens (tertiary/aromatic N) is 4. The molecular weight excluding hydrogens is 578 g/mol. The highest BCUT2D eigenvalue weighted by Gasteiger charge is 2.32. The lowest BCUT2D eigenvalue weighted by Gasteiger charge is -2.35. The summed E-state index contributed by atoms with van der Waals surface area (Å²) in [5, 5.41) is 0. The smallest absolute Gasteiger partial charge is 0.264 e. The van der Waals surface area contributed by atoms with Crippen molar-refractivity contribution < 1.29 is 17.9 Å². The van der Waals surface area contributed by atoms with Gasteiger partial charge in [0.05, 0.1) is 23.2 Å². The third-order valence-corrected chi connectivity index (χ3v) is 8.90. The Labute approximate surface area is 257 Å². The zero-order valence-electron chi connectivity index (χ0n) is 25.8. The first-order valence-electron chi connectivity index (χ1n) is 14.4. The minimum absolute atomic E-state index is 0.00829. The van der Waals surface area contributed by atoms with Gasteiger partial charge in [0.25, 0.3) is 21.5 Å². The summed E-state index contributed by atoms with van der Waals surface area (Å²) < 4.78 is 37.4. The molecular formula is C33H37N5O5S. The second-order valence-corrected chi connectivity index (χ2v) is 14.1. The molecule has 2 aromatic carbocycles. The van der Waals surface area contributed by atoms with E-state index in [1.54, 1.807) is 42.4 Å².